The lowest BCUT2D eigenvalue weighted by molar-refractivity contribution is 0.0847. The topological polar surface area (TPSA) is 78.0 Å². The largest absolute Gasteiger partial charge is 0.386 e. The molecule has 0 spiro atoms. The average molecular weight is 294 g/mol. The van der Waals surface area contributed by atoms with Gasteiger partial charge >= 0.3 is 0 Å². The van der Waals surface area contributed by atoms with E-state index in [1.807, 2.05) is 0 Å². The summed E-state index contributed by atoms with van der Waals surface area (Å²) in [7, 11) is 0. The molecule has 2 rings (SSSR count). The van der Waals surface area contributed by atoms with Crippen LogP contribution in [0.15, 0.2) is 30.5 Å². The van der Waals surface area contributed by atoms with Crippen molar-refractivity contribution < 1.29 is 9.90 Å². The third kappa shape index (κ3) is 3.37. The molecule has 2 aromatic rings. The maximum absolute atomic E-state index is 11.9. The lowest BCUT2D eigenvalue weighted by Gasteiger charge is -2.20. The van der Waals surface area contributed by atoms with Crippen molar-refractivity contribution >= 4 is 17.5 Å². The maximum atomic E-state index is 11.9. The highest BCUT2D eigenvalue weighted by molar-refractivity contribution is 6.30. The number of aliphatic hydroxyl groups is 1. The molecule has 0 bridgehead atoms. The summed E-state index contributed by atoms with van der Waals surface area (Å²) in [4.78, 5) is 18.8. The molecule has 106 valence electrons. The van der Waals surface area contributed by atoms with Crippen molar-refractivity contribution in [1.29, 1.82) is 0 Å². The van der Waals surface area contributed by atoms with Crippen LogP contribution in [0.2, 0.25) is 5.02 Å². The lowest BCUT2D eigenvalue weighted by Crippen LogP contribution is -2.37. The molecule has 0 fully saturated rings. The van der Waals surface area contributed by atoms with Crippen LogP contribution in [0.25, 0.3) is 0 Å². The first-order valence-corrected chi connectivity index (χ1v) is 6.61. The molecule has 1 amide bonds. The first kappa shape index (κ1) is 14.6. The lowest BCUT2D eigenvalue weighted by atomic mass is 10.0. The van der Waals surface area contributed by atoms with Crippen LogP contribution in [0.1, 0.15) is 34.9 Å². The van der Waals surface area contributed by atoms with Crippen LogP contribution in [0, 0.1) is 6.92 Å². The highest BCUT2D eigenvalue weighted by atomic mass is 35.5. The van der Waals surface area contributed by atoms with Crippen molar-refractivity contribution in [2.45, 2.75) is 26.0 Å². The van der Waals surface area contributed by atoms with Crippen LogP contribution in [0.5, 0.6) is 0 Å². The molecule has 1 aromatic carbocycles. The smallest absolute Gasteiger partial charge is 0.269 e. The van der Waals surface area contributed by atoms with Crippen LogP contribution in [0.4, 0.5) is 0 Å². The van der Waals surface area contributed by atoms with Crippen LogP contribution >= 0.6 is 11.6 Å². The van der Waals surface area contributed by atoms with Gasteiger partial charge in [0, 0.05) is 5.02 Å². The molecule has 0 unspecified atom stereocenters. The second-order valence-electron chi connectivity index (χ2n) is 4.64. The van der Waals surface area contributed by atoms with Crippen molar-refractivity contribution in [1.82, 2.24) is 15.3 Å². The van der Waals surface area contributed by atoms with Gasteiger partial charge in [0.1, 0.15) is 11.5 Å². The van der Waals surface area contributed by atoms with E-state index in [0.29, 0.717) is 22.1 Å². The van der Waals surface area contributed by atoms with Gasteiger partial charge in [-0.25, -0.2) is 4.98 Å². The van der Waals surface area contributed by atoms with Crippen molar-refractivity contribution in [3.63, 3.8) is 0 Å². The Bertz CT molecular complexity index is 595. The second-order valence-corrected chi connectivity index (χ2v) is 5.08. The molecule has 6 heteroatoms. The number of nitrogens with one attached hydrogen (secondary N) is 2. The molecule has 2 atom stereocenters. The van der Waals surface area contributed by atoms with Crippen LogP contribution in [-0.2, 0) is 0 Å². The Kier molecular flexibility index (Phi) is 4.42. The van der Waals surface area contributed by atoms with Gasteiger partial charge in [-0.15, -0.1) is 0 Å². The number of amides is 1. The molecule has 1 heterocycles. The van der Waals surface area contributed by atoms with Crippen molar-refractivity contribution in [2.75, 3.05) is 0 Å². The molecule has 0 aliphatic heterocycles. The number of carbonyl (C=O) groups is 1. The van der Waals surface area contributed by atoms with Gasteiger partial charge in [-0.3, -0.25) is 4.79 Å². The number of H-pyrrole nitrogens is 1. The summed E-state index contributed by atoms with van der Waals surface area (Å²) in [5, 5.41) is 13.5. The zero-order chi connectivity index (χ0) is 14.7. The number of benzene rings is 1. The van der Waals surface area contributed by atoms with Gasteiger partial charge in [0.05, 0.1) is 18.3 Å². The number of hydrogen-bond donors (Lipinski definition) is 3. The Hall–Kier alpha value is -1.85. The Labute approximate surface area is 122 Å². The fraction of sp³-hybridized carbons (Fsp3) is 0.286. The number of nitrogens with zero attached hydrogens (tertiary/aromatic N) is 1. The van der Waals surface area contributed by atoms with Gasteiger partial charge < -0.3 is 15.4 Å². The van der Waals surface area contributed by atoms with Gasteiger partial charge in [0.25, 0.3) is 5.91 Å². The SMILES string of the molecule is Cc1ncc(C(=O)N[C@H](C)[C@@H](O)c2ccc(Cl)cc2)[nH]1. The summed E-state index contributed by atoms with van der Waals surface area (Å²) < 4.78 is 0. The zero-order valence-corrected chi connectivity index (χ0v) is 12.0. The molecule has 0 aliphatic rings. The number of hydrogen-bond acceptors (Lipinski definition) is 3. The first-order chi connectivity index (χ1) is 9.47. The normalized spacial score (nSPS) is 13.8. The maximum Gasteiger partial charge on any atom is 0.269 e. The first-order valence-electron chi connectivity index (χ1n) is 6.23. The predicted molar refractivity (Wildman–Crippen MR) is 76.7 cm³/mol. The minimum Gasteiger partial charge on any atom is -0.386 e. The van der Waals surface area contributed by atoms with Gasteiger partial charge in [0.2, 0.25) is 0 Å². The number of aromatic nitrogens is 2. The summed E-state index contributed by atoms with van der Waals surface area (Å²) in [5.74, 6) is 0.368. The number of aryl methyl sites for hydroxylation is 1. The molecular weight excluding hydrogens is 278 g/mol. The summed E-state index contributed by atoms with van der Waals surface area (Å²) in [5.41, 5.74) is 1.07. The summed E-state index contributed by atoms with van der Waals surface area (Å²) >= 11 is 5.80. The number of imidazole rings is 1. The molecule has 1 aromatic heterocycles. The van der Waals surface area contributed by atoms with E-state index in [1.54, 1.807) is 38.1 Å². The standard InChI is InChI=1S/C14H16ClN3O2/c1-8(13(19)10-3-5-11(15)6-4-10)17-14(20)12-7-16-9(2)18-12/h3-8,13,19H,1-2H3,(H,16,18)(H,17,20)/t8-,13-/m1/s1. The Morgan fingerprint density at radius 3 is 2.60 bits per heavy atom. The van der Waals surface area contributed by atoms with E-state index in [2.05, 4.69) is 15.3 Å². The second kappa shape index (κ2) is 6.07. The van der Waals surface area contributed by atoms with Crippen molar-refractivity contribution in [3.05, 3.63) is 52.6 Å². The fourth-order valence-electron chi connectivity index (χ4n) is 1.85. The van der Waals surface area contributed by atoms with Crippen LogP contribution in [0.3, 0.4) is 0 Å². The van der Waals surface area contributed by atoms with E-state index >= 15 is 0 Å². The van der Waals surface area contributed by atoms with Crippen molar-refractivity contribution in [3.8, 4) is 0 Å². The summed E-state index contributed by atoms with van der Waals surface area (Å²) in [6.45, 7) is 3.50. The fourth-order valence-corrected chi connectivity index (χ4v) is 1.97. The molecule has 3 N–H and O–H groups in total. The van der Waals surface area contributed by atoms with E-state index in [-0.39, 0.29) is 5.91 Å². The van der Waals surface area contributed by atoms with Crippen LogP contribution in [-0.4, -0.2) is 27.0 Å². The quantitative estimate of drug-likeness (QED) is 0.809. The number of rotatable bonds is 4. The van der Waals surface area contributed by atoms with E-state index < -0.39 is 12.1 Å². The number of aliphatic hydroxyl groups excluding tert-OH is 1. The molecule has 0 saturated carbocycles. The Morgan fingerprint density at radius 1 is 1.40 bits per heavy atom. The highest BCUT2D eigenvalue weighted by Gasteiger charge is 2.19. The van der Waals surface area contributed by atoms with Crippen LogP contribution < -0.4 is 5.32 Å². The molecule has 20 heavy (non-hydrogen) atoms. The monoisotopic (exact) mass is 293 g/mol. The average Bonchev–Trinajstić information content (AvgIpc) is 2.85. The van der Waals surface area contributed by atoms with Gasteiger partial charge in [-0.1, -0.05) is 23.7 Å². The predicted octanol–water partition coefficient (Wildman–Crippen LogP) is 2.22. The Balaban J connectivity index is 2.02. The van der Waals surface area contributed by atoms with E-state index in [9.17, 15) is 9.90 Å². The minimum absolute atomic E-state index is 0.300. The molecule has 0 radical (unpaired) electrons. The van der Waals surface area contributed by atoms with Crippen molar-refractivity contribution in [2.24, 2.45) is 0 Å². The summed E-state index contributed by atoms with van der Waals surface area (Å²) in [6.07, 6.45) is 0.659. The highest BCUT2D eigenvalue weighted by Crippen LogP contribution is 2.19. The summed E-state index contributed by atoms with van der Waals surface area (Å²) in [6, 6.07) is 6.43. The molecule has 5 nitrogen and oxygen atoms in total. The van der Waals surface area contributed by atoms with E-state index in [0.717, 1.165) is 0 Å². The van der Waals surface area contributed by atoms with E-state index in [1.165, 1.54) is 6.20 Å². The third-order valence-corrected chi connectivity index (χ3v) is 3.24. The number of halogens is 1. The van der Waals surface area contributed by atoms with Gasteiger partial charge in [-0.05, 0) is 31.5 Å². The minimum atomic E-state index is -0.805. The molecule has 0 aliphatic carbocycles. The third-order valence-electron chi connectivity index (χ3n) is 2.99. The zero-order valence-electron chi connectivity index (χ0n) is 11.2. The molecule has 0 saturated heterocycles. The van der Waals surface area contributed by atoms with E-state index in [4.69, 9.17) is 11.6 Å². The molecular formula is C14H16ClN3O2. The number of aromatic amines is 1. The number of carbonyl (C=O) groups excluding carboxylic acids is 1. The van der Waals surface area contributed by atoms with Gasteiger partial charge in [-0.2, -0.15) is 0 Å². The Morgan fingerprint density at radius 2 is 2.05 bits per heavy atom. The van der Waals surface area contributed by atoms with Gasteiger partial charge in [0.15, 0.2) is 0 Å².